The molecule has 0 rings (SSSR count). The van der Waals surface area contributed by atoms with Gasteiger partial charge in [-0.25, -0.2) is 0 Å². The number of amidine groups is 1. The van der Waals surface area contributed by atoms with Gasteiger partial charge in [0.05, 0.1) is 5.84 Å². The quantitative estimate of drug-likeness (QED) is 0.467. The number of unbranched alkanes of at least 4 members (excludes halogenated alkanes) is 1. The Morgan fingerprint density at radius 3 is 2.58 bits per heavy atom. The van der Waals surface area contributed by atoms with E-state index in [4.69, 9.17) is 11.1 Å². The molecule has 0 saturated carbocycles. The Labute approximate surface area is 75.4 Å². The predicted octanol–water partition coefficient (Wildman–Crippen LogP) is 1.29. The highest BCUT2D eigenvalue weighted by atomic mass is 15.1. The fourth-order valence-electron chi connectivity index (χ4n) is 1.09. The molecular formula is C9H21N3. The lowest BCUT2D eigenvalue weighted by Crippen LogP contribution is -2.32. The second-order valence-corrected chi connectivity index (χ2v) is 3.47. The van der Waals surface area contributed by atoms with Gasteiger partial charge in [-0.15, -0.1) is 0 Å². The fourth-order valence-corrected chi connectivity index (χ4v) is 1.09. The molecule has 0 saturated heterocycles. The van der Waals surface area contributed by atoms with Crippen LogP contribution in [0, 0.1) is 11.3 Å². The standard InChI is InChI=1S/C9H21N3/c1-4-5-6-12(3)7-8(2)9(10)11/h8H,4-7H2,1-3H3,(H3,10,11). The molecule has 0 aliphatic rings. The van der Waals surface area contributed by atoms with Crippen molar-refractivity contribution in [2.24, 2.45) is 11.7 Å². The zero-order valence-electron chi connectivity index (χ0n) is 8.43. The first kappa shape index (κ1) is 11.4. The van der Waals surface area contributed by atoms with Gasteiger partial charge in [-0.05, 0) is 20.0 Å². The molecule has 12 heavy (non-hydrogen) atoms. The number of nitrogens with two attached hydrogens (primary N) is 1. The lowest BCUT2D eigenvalue weighted by Gasteiger charge is -2.19. The van der Waals surface area contributed by atoms with Crippen molar-refractivity contribution in [2.75, 3.05) is 20.1 Å². The van der Waals surface area contributed by atoms with E-state index < -0.39 is 0 Å². The number of rotatable bonds is 6. The van der Waals surface area contributed by atoms with Crippen LogP contribution in [0.1, 0.15) is 26.7 Å². The van der Waals surface area contributed by atoms with E-state index in [1.807, 2.05) is 6.92 Å². The van der Waals surface area contributed by atoms with Crippen molar-refractivity contribution >= 4 is 5.84 Å². The van der Waals surface area contributed by atoms with Crippen molar-refractivity contribution in [3.05, 3.63) is 0 Å². The first-order valence-electron chi connectivity index (χ1n) is 4.60. The van der Waals surface area contributed by atoms with Gasteiger partial charge in [0, 0.05) is 12.5 Å². The summed E-state index contributed by atoms with van der Waals surface area (Å²) in [7, 11) is 2.08. The molecule has 0 aromatic heterocycles. The van der Waals surface area contributed by atoms with Crippen molar-refractivity contribution in [1.29, 1.82) is 5.41 Å². The maximum Gasteiger partial charge on any atom is 0.0947 e. The second-order valence-electron chi connectivity index (χ2n) is 3.47. The Kier molecular flexibility index (Phi) is 5.72. The third-order valence-corrected chi connectivity index (χ3v) is 2.01. The van der Waals surface area contributed by atoms with Gasteiger partial charge in [-0.2, -0.15) is 0 Å². The monoisotopic (exact) mass is 171 g/mol. The fraction of sp³-hybridized carbons (Fsp3) is 0.889. The summed E-state index contributed by atoms with van der Waals surface area (Å²) in [6.07, 6.45) is 2.44. The smallest absolute Gasteiger partial charge is 0.0947 e. The molecule has 0 aliphatic heterocycles. The van der Waals surface area contributed by atoms with E-state index in [2.05, 4.69) is 18.9 Å². The minimum atomic E-state index is 0.187. The molecule has 0 aromatic rings. The summed E-state index contributed by atoms with van der Waals surface area (Å²) in [6.45, 7) is 6.18. The van der Waals surface area contributed by atoms with E-state index in [0.717, 1.165) is 13.1 Å². The Hall–Kier alpha value is -0.570. The van der Waals surface area contributed by atoms with Crippen LogP contribution in [0.4, 0.5) is 0 Å². The van der Waals surface area contributed by atoms with Crippen molar-refractivity contribution in [3.8, 4) is 0 Å². The average molecular weight is 171 g/mol. The minimum absolute atomic E-state index is 0.187. The molecule has 0 aliphatic carbocycles. The number of nitrogens with one attached hydrogen (secondary N) is 1. The van der Waals surface area contributed by atoms with Crippen molar-refractivity contribution in [3.63, 3.8) is 0 Å². The minimum Gasteiger partial charge on any atom is -0.387 e. The van der Waals surface area contributed by atoms with Crippen LogP contribution in [0.5, 0.6) is 0 Å². The van der Waals surface area contributed by atoms with Gasteiger partial charge in [-0.3, -0.25) is 5.41 Å². The van der Waals surface area contributed by atoms with E-state index in [0.29, 0.717) is 5.84 Å². The first-order valence-corrected chi connectivity index (χ1v) is 4.60. The Bertz CT molecular complexity index is 134. The summed E-state index contributed by atoms with van der Waals surface area (Å²) in [5, 5.41) is 7.22. The Morgan fingerprint density at radius 2 is 2.17 bits per heavy atom. The van der Waals surface area contributed by atoms with Crippen LogP contribution in [0.15, 0.2) is 0 Å². The lowest BCUT2D eigenvalue weighted by molar-refractivity contribution is 0.308. The largest absolute Gasteiger partial charge is 0.387 e. The van der Waals surface area contributed by atoms with E-state index >= 15 is 0 Å². The molecule has 3 nitrogen and oxygen atoms in total. The van der Waals surface area contributed by atoms with Crippen LogP contribution in [-0.2, 0) is 0 Å². The van der Waals surface area contributed by atoms with Gasteiger partial charge in [0.2, 0.25) is 0 Å². The lowest BCUT2D eigenvalue weighted by atomic mass is 10.1. The number of hydrogen-bond donors (Lipinski definition) is 2. The SMILES string of the molecule is CCCCN(C)CC(C)C(=N)N. The van der Waals surface area contributed by atoms with Gasteiger partial charge in [0.1, 0.15) is 0 Å². The molecule has 0 bridgehead atoms. The van der Waals surface area contributed by atoms with Gasteiger partial charge in [0.15, 0.2) is 0 Å². The molecule has 1 atom stereocenters. The second kappa shape index (κ2) is 6.00. The van der Waals surface area contributed by atoms with Gasteiger partial charge in [-0.1, -0.05) is 20.3 Å². The van der Waals surface area contributed by atoms with Gasteiger partial charge in [0.25, 0.3) is 0 Å². The molecule has 0 spiro atoms. The summed E-state index contributed by atoms with van der Waals surface area (Å²) in [5.41, 5.74) is 5.37. The zero-order valence-corrected chi connectivity index (χ0v) is 8.43. The van der Waals surface area contributed by atoms with E-state index in [9.17, 15) is 0 Å². The molecule has 3 heteroatoms. The summed E-state index contributed by atoms with van der Waals surface area (Å²) >= 11 is 0. The topological polar surface area (TPSA) is 53.1 Å². The molecule has 72 valence electrons. The Balaban J connectivity index is 3.53. The average Bonchev–Trinajstić information content (AvgIpc) is 2.00. The van der Waals surface area contributed by atoms with Crippen molar-refractivity contribution < 1.29 is 0 Å². The van der Waals surface area contributed by atoms with Gasteiger partial charge < -0.3 is 10.6 Å². The summed E-state index contributed by atoms with van der Waals surface area (Å²) in [6, 6.07) is 0. The van der Waals surface area contributed by atoms with Crippen molar-refractivity contribution in [1.82, 2.24) is 4.90 Å². The Morgan fingerprint density at radius 1 is 1.58 bits per heavy atom. The third-order valence-electron chi connectivity index (χ3n) is 2.01. The number of hydrogen-bond acceptors (Lipinski definition) is 2. The molecule has 0 fully saturated rings. The normalized spacial score (nSPS) is 13.3. The maximum atomic E-state index is 7.22. The van der Waals surface area contributed by atoms with Crippen LogP contribution in [0.25, 0.3) is 0 Å². The summed E-state index contributed by atoms with van der Waals surface area (Å²) < 4.78 is 0. The van der Waals surface area contributed by atoms with E-state index in [1.165, 1.54) is 12.8 Å². The maximum absolute atomic E-state index is 7.22. The molecule has 0 amide bonds. The van der Waals surface area contributed by atoms with E-state index in [-0.39, 0.29) is 5.92 Å². The van der Waals surface area contributed by atoms with Crippen LogP contribution in [-0.4, -0.2) is 30.9 Å². The molecule has 1 unspecified atom stereocenters. The zero-order chi connectivity index (χ0) is 9.56. The summed E-state index contributed by atoms with van der Waals surface area (Å²) in [5.74, 6) is 0.477. The molecule has 0 radical (unpaired) electrons. The van der Waals surface area contributed by atoms with Gasteiger partial charge >= 0.3 is 0 Å². The molecular weight excluding hydrogens is 150 g/mol. The highest BCUT2D eigenvalue weighted by Gasteiger charge is 2.07. The van der Waals surface area contributed by atoms with Crippen LogP contribution in [0.2, 0.25) is 0 Å². The third kappa shape index (κ3) is 5.13. The van der Waals surface area contributed by atoms with Crippen LogP contribution in [0.3, 0.4) is 0 Å². The first-order chi connectivity index (χ1) is 5.57. The van der Waals surface area contributed by atoms with Crippen molar-refractivity contribution in [2.45, 2.75) is 26.7 Å². The molecule has 0 heterocycles. The number of nitrogens with zero attached hydrogens (tertiary/aromatic N) is 1. The molecule has 0 aromatic carbocycles. The van der Waals surface area contributed by atoms with Crippen LogP contribution < -0.4 is 5.73 Å². The van der Waals surface area contributed by atoms with Crippen LogP contribution >= 0.6 is 0 Å². The highest BCUT2D eigenvalue weighted by molar-refractivity contribution is 5.79. The highest BCUT2D eigenvalue weighted by Crippen LogP contribution is 1.98. The van der Waals surface area contributed by atoms with E-state index in [1.54, 1.807) is 0 Å². The molecule has 3 N–H and O–H groups in total. The predicted molar refractivity (Wildman–Crippen MR) is 53.5 cm³/mol. The summed E-state index contributed by atoms with van der Waals surface area (Å²) in [4.78, 5) is 2.23.